The molecule has 0 radical (unpaired) electrons. The highest BCUT2D eigenvalue weighted by Gasteiger charge is 2.10. The van der Waals surface area contributed by atoms with E-state index in [2.05, 4.69) is 12.2 Å². The van der Waals surface area contributed by atoms with Crippen LogP contribution < -0.4 is 5.32 Å². The van der Waals surface area contributed by atoms with Crippen molar-refractivity contribution in [1.29, 1.82) is 0 Å². The zero-order valence-electron chi connectivity index (χ0n) is 10.7. The molecule has 1 atom stereocenters. The number of aliphatic hydroxyl groups excluding tert-OH is 1. The summed E-state index contributed by atoms with van der Waals surface area (Å²) in [5, 5.41) is 11.8. The van der Waals surface area contributed by atoms with E-state index in [0.29, 0.717) is 23.9 Å². The van der Waals surface area contributed by atoms with Crippen molar-refractivity contribution in [2.45, 2.75) is 25.6 Å². The van der Waals surface area contributed by atoms with Crippen molar-refractivity contribution in [3.05, 3.63) is 35.4 Å². The molecule has 0 aliphatic heterocycles. The van der Waals surface area contributed by atoms with Gasteiger partial charge < -0.3 is 10.4 Å². The monoisotopic (exact) mass is 269 g/mol. The summed E-state index contributed by atoms with van der Waals surface area (Å²) in [7, 11) is 0. The maximum atomic E-state index is 11.9. The van der Waals surface area contributed by atoms with Crippen molar-refractivity contribution >= 4 is 17.5 Å². The van der Waals surface area contributed by atoms with E-state index in [9.17, 15) is 4.79 Å². The van der Waals surface area contributed by atoms with Crippen LogP contribution in [0.5, 0.6) is 0 Å². The van der Waals surface area contributed by atoms with Gasteiger partial charge in [0.25, 0.3) is 5.91 Å². The van der Waals surface area contributed by atoms with Crippen molar-refractivity contribution < 1.29 is 9.90 Å². The quantitative estimate of drug-likeness (QED) is 0.748. The summed E-state index contributed by atoms with van der Waals surface area (Å²) in [5.74, 6) is 0.650. The van der Waals surface area contributed by atoms with Crippen molar-refractivity contribution in [1.82, 2.24) is 5.32 Å². The molecule has 3 nitrogen and oxygen atoms in total. The Morgan fingerprint density at radius 3 is 2.89 bits per heavy atom. The Kier molecular flexibility index (Phi) is 6.76. The van der Waals surface area contributed by atoms with E-state index in [0.717, 1.165) is 18.4 Å². The third-order valence-electron chi connectivity index (χ3n) is 3.01. The fourth-order valence-corrected chi connectivity index (χ4v) is 1.93. The fraction of sp³-hybridized carbons (Fsp3) is 0.500. The summed E-state index contributed by atoms with van der Waals surface area (Å²) < 4.78 is 0. The van der Waals surface area contributed by atoms with Gasteiger partial charge in [0.05, 0.1) is 0 Å². The van der Waals surface area contributed by atoms with Crippen LogP contribution in [-0.2, 0) is 5.88 Å². The van der Waals surface area contributed by atoms with Gasteiger partial charge >= 0.3 is 0 Å². The molecular formula is C14H20ClNO2. The van der Waals surface area contributed by atoms with Gasteiger partial charge in [0.15, 0.2) is 0 Å². The minimum atomic E-state index is -0.0849. The van der Waals surface area contributed by atoms with Gasteiger partial charge in [-0.25, -0.2) is 0 Å². The van der Waals surface area contributed by atoms with Gasteiger partial charge in [0.1, 0.15) is 0 Å². The Balaban J connectivity index is 2.53. The molecule has 0 bridgehead atoms. The first kappa shape index (κ1) is 15.0. The van der Waals surface area contributed by atoms with Crippen molar-refractivity contribution in [3.63, 3.8) is 0 Å². The number of carbonyl (C=O) groups excluding carboxylic acids is 1. The van der Waals surface area contributed by atoms with Crippen LogP contribution in [-0.4, -0.2) is 24.2 Å². The molecule has 1 unspecified atom stereocenters. The Hall–Kier alpha value is -1.06. The molecule has 0 fully saturated rings. The molecule has 0 heterocycles. The van der Waals surface area contributed by atoms with Gasteiger partial charge in [-0.05, 0) is 30.0 Å². The normalized spacial score (nSPS) is 12.2. The fourth-order valence-electron chi connectivity index (χ4n) is 1.77. The second-order valence-corrected chi connectivity index (χ2v) is 4.60. The lowest BCUT2D eigenvalue weighted by atomic mass is 10.0. The number of hydrogen-bond acceptors (Lipinski definition) is 2. The number of halogens is 1. The highest BCUT2D eigenvalue weighted by molar-refractivity contribution is 6.17. The van der Waals surface area contributed by atoms with Gasteiger partial charge in [0, 0.05) is 24.6 Å². The first-order valence-electron chi connectivity index (χ1n) is 6.25. The molecular weight excluding hydrogens is 250 g/mol. The number of aliphatic hydroxyl groups is 1. The largest absolute Gasteiger partial charge is 0.396 e. The third-order valence-corrected chi connectivity index (χ3v) is 3.32. The van der Waals surface area contributed by atoms with Crippen LogP contribution in [0.1, 0.15) is 35.7 Å². The van der Waals surface area contributed by atoms with Crippen LogP contribution in [0.25, 0.3) is 0 Å². The summed E-state index contributed by atoms with van der Waals surface area (Å²) in [5.41, 5.74) is 1.57. The standard InChI is InChI=1S/C14H20ClNO2/c1-2-11(6-7-17)10-16-14(18)13-5-3-4-12(8-13)9-15/h3-5,8,11,17H,2,6-7,9-10H2,1H3,(H,16,18). The van der Waals surface area contributed by atoms with E-state index in [-0.39, 0.29) is 12.5 Å². The van der Waals surface area contributed by atoms with Crippen molar-refractivity contribution in [3.8, 4) is 0 Å². The van der Waals surface area contributed by atoms with E-state index in [1.54, 1.807) is 12.1 Å². The Bertz CT molecular complexity index is 382. The van der Waals surface area contributed by atoms with Gasteiger partial charge in [-0.3, -0.25) is 4.79 Å². The summed E-state index contributed by atoms with van der Waals surface area (Å²) in [6.45, 7) is 2.82. The second kappa shape index (κ2) is 8.11. The van der Waals surface area contributed by atoms with Crippen LogP contribution in [0, 0.1) is 5.92 Å². The molecule has 0 aromatic heterocycles. The van der Waals surface area contributed by atoms with E-state index < -0.39 is 0 Å². The predicted molar refractivity (Wildman–Crippen MR) is 73.8 cm³/mol. The molecule has 0 saturated heterocycles. The molecule has 0 saturated carbocycles. The molecule has 1 aromatic carbocycles. The molecule has 0 spiro atoms. The summed E-state index contributed by atoms with van der Waals surface area (Å²) >= 11 is 5.74. The number of benzene rings is 1. The average Bonchev–Trinajstić information content (AvgIpc) is 2.43. The summed E-state index contributed by atoms with van der Waals surface area (Å²) in [6.07, 6.45) is 1.67. The molecule has 1 aromatic rings. The lowest BCUT2D eigenvalue weighted by Crippen LogP contribution is -2.29. The van der Waals surface area contributed by atoms with Crippen LogP contribution in [0.4, 0.5) is 0 Å². The summed E-state index contributed by atoms with van der Waals surface area (Å²) in [6, 6.07) is 7.30. The van der Waals surface area contributed by atoms with Gasteiger partial charge in [-0.15, -0.1) is 11.6 Å². The maximum absolute atomic E-state index is 11.9. The van der Waals surface area contributed by atoms with Gasteiger partial charge in [0.2, 0.25) is 0 Å². The molecule has 2 N–H and O–H groups in total. The molecule has 4 heteroatoms. The van der Waals surface area contributed by atoms with Gasteiger partial charge in [-0.2, -0.15) is 0 Å². The SMILES string of the molecule is CCC(CCO)CNC(=O)c1cccc(CCl)c1. The van der Waals surface area contributed by atoms with E-state index in [4.69, 9.17) is 16.7 Å². The Labute approximate surface area is 113 Å². The van der Waals surface area contributed by atoms with E-state index >= 15 is 0 Å². The highest BCUT2D eigenvalue weighted by atomic mass is 35.5. The number of hydrogen-bond donors (Lipinski definition) is 2. The van der Waals surface area contributed by atoms with Crippen molar-refractivity contribution in [2.24, 2.45) is 5.92 Å². The molecule has 18 heavy (non-hydrogen) atoms. The lowest BCUT2D eigenvalue weighted by molar-refractivity contribution is 0.0943. The van der Waals surface area contributed by atoms with Crippen LogP contribution in [0.2, 0.25) is 0 Å². The summed E-state index contributed by atoms with van der Waals surface area (Å²) in [4.78, 5) is 11.9. The first-order valence-corrected chi connectivity index (χ1v) is 6.78. The van der Waals surface area contributed by atoms with E-state index in [1.165, 1.54) is 0 Å². The molecule has 100 valence electrons. The smallest absolute Gasteiger partial charge is 0.251 e. The Morgan fingerprint density at radius 2 is 2.28 bits per heavy atom. The number of alkyl halides is 1. The number of carbonyl (C=O) groups is 1. The number of amides is 1. The molecule has 0 aliphatic rings. The average molecular weight is 270 g/mol. The Morgan fingerprint density at radius 1 is 1.50 bits per heavy atom. The topological polar surface area (TPSA) is 49.3 Å². The highest BCUT2D eigenvalue weighted by Crippen LogP contribution is 2.09. The zero-order valence-corrected chi connectivity index (χ0v) is 11.4. The van der Waals surface area contributed by atoms with Crippen LogP contribution >= 0.6 is 11.6 Å². The van der Waals surface area contributed by atoms with Gasteiger partial charge in [-0.1, -0.05) is 25.5 Å². The maximum Gasteiger partial charge on any atom is 0.251 e. The first-order chi connectivity index (χ1) is 8.71. The van der Waals surface area contributed by atoms with E-state index in [1.807, 2.05) is 12.1 Å². The van der Waals surface area contributed by atoms with Crippen LogP contribution in [0.15, 0.2) is 24.3 Å². The molecule has 1 amide bonds. The number of rotatable bonds is 7. The minimum Gasteiger partial charge on any atom is -0.396 e. The molecule has 1 rings (SSSR count). The molecule has 0 aliphatic carbocycles. The predicted octanol–water partition coefficient (Wildman–Crippen LogP) is 2.56. The van der Waals surface area contributed by atoms with Crippen molar-refractivity contribution in [2.75, 3.05) is 13.2 Å². The van der Waals surface area contributed by atoms with Crippen LogP contribution in [0.3, 0.4) is 0 Å². The second-order valence-electron chi connectivity index (χ2n) is 4.33. The minimum absolute atomic E-state index is 0.0849. The zero-order chi connectivity index (χ0) is 13.4. The lowest BCUT2D eigenvalue weighted by Gasteiger charge is -2.14. The third kappa shape index (κ3) is 4.67. The number of nitrogens with one attached hydrogen (secondary N) is 1.